The molecule has 0 aliphatic carbocycles. The number of thiocarbonyl (C=S) groups is 1. The minimum absolute atomic E-state index is 0.288. The minimum Gasteiger partial charge on any atom is -0.479 e. The Morgan fingerprint density at radius 2 is 1.67 bits per heavy atom. The highest BCUT2D eigenvalue weighted by atomic mass is 32.1. The molecular formula is C21H26N2O3S. The molecule has 3 atom stereocenters. The normalized spacial score (nSPS) is 17.9. The molecule has 0 bridgehead atoms. The molecule has 27 heavy (non-hydrogen) atoms. The summed E-state index contributed by atoms with van der Waals surface area (Å²) >= 11 is 5.42. The van der Waals surface area contributed by atoms with Crippen LogP contribution in [-0.2, 0) is 4.79 Å². The Morgan fingerprint density at radius 1 is 1.11 bits per heavy atom. The average molecular weight is 387 g/mol. The molecule has 1 fully saturated rings. The molecule has 3 rings (SSSR count). The largest absolute Gasteiger partial charge is 0.479 e. The van der Waals surface area contributed by atoms with Crippen LogP contribution in [0.25, 0.3) is 0 Å². The number of aliphatic hydroxyl groups is 1. The number of carboxylic acids is 1. The van der Waals surface area contributed by atoms with Crippen LogP contribution in [0.3, 0.4) is 0 Å². The standard InChI is InChI=1S/C13H18N2S.C8H8O3/c1-10(11-6-3-2-4-7-11)15-13(16)12-8-5-9-14-12;9-7(8(10)11)6-4-2-1-3-5-6/h2-4,6-7,10,12,14H,5,8-9H2,1H3,(H,15,16);1-5,7,9H,(H,10,11)/t10-,12+;7-/m11/s1. The summed E-state index contributed by atoms with van der Waals surface area (Å²) in [5.41, 5.74) is 1.68. The van der Waals surface area contributed by atoms with E-state index in [0.717, 1.165) is 18.0 Å². The van der Waals surface area contributed by atoms with Crippen molar-refractivity contribution < 1.29 is 15.0 Å². The molecule has 144 valence electrons. The lowest BCUT2D eigenvalue weighted by Gasteiger charge is -2.20. The second kappa shape index (κ2) is 10.8. The third-order valence-corrected chi connectivity index (χ3v) is 4.79. The van der Waals surface area contributed by atoms with Crippen molar-refractivity contribution >= 4 is 23.2 Å². The maximum atomic E-state index is 10.2. The molecule has 1 aliphatic rings. The van der Waals surface area contributed by atoms with Gasteiger partial charge in [0.05, 0.1) is 11.0 Å². The van der Waals surface area contributed by atoms with Crippen molar-refractivity contribution in [2.24, 2.45) is 0 Å². The Morgan fingerprint density at radius 3 is 2.15 bits per heavy atom. The Balaban J connectivity index is 0.000000208. The number of hydrogen-bond acceptors (Lipinski definition) is 4. The van der Waals surface area contributed by atoms with Gasteiger partial charge in [-0.1, -0.05) is 72.9 Å². The highest BCUT2D eigenvalue weighted by Crippen LogP contribution is 2.14. The van der Waals surface area contributed by atoms with E-state index in [9.17, 15) is 4.79 Å². The summed E-state index contributed by atoms with van der Waals surface area (Å²) in [6.45, 7) is 3.24. The fourth-order valence-corrected chi connectivity index (χ4v) is 3.20. The van der Waals surface area contributed by atoms with E-state index < -0.39 is 12.1 Å². The average Bonchev–Trinajstić information content (AvgIpc) is 3.24. The van der Waals surface area contributed by atoms with Gasteiger partial charge in [-0.15, -0.1) is 0 Å². The van der Waals surface area contributed by atoms with Crippen LogP contribution in [0.1, 0.15) is 43.0 Å². The predicted molar refractivity (Wildman–Crippen MR) is 111 cm³/mol. The van der Waals surface area contributed by atoms with Crippen LogP contribution in [0.15, 0.2) is 60.7 Å². The maximum Gasteiger partial charge on any atom is 0.337 e. The maximum absolute atomic E-state index is 10.2. The van der Waals surface area contributed by atoms with Gasteiger partial charge in [-0.2, -0.15) is 0 Å². The first-order valence-corrected chi connectivity index (χ1v) is 9.44. The second-order valence-corrected chi connectivity index (χ2v) is 6.88. The SMILES string of the molecule is C[C@@H](NC(=S)[C@@H]1CCCN1)c1ccccc1.O=C(O)[C@H](O)c1ccccc1. The first-order chi connectivity index (χ1) is 13.0. The van der Waals surface area contributed by atoms with Crippen LogP contribution in [0.5, 0.6) is 0 Å². The molecular weight excluding hydrogens is 360 g/mol. The van der Waals surface area contributed by atoms with Crippen molar-refractivity contribution in [3.8, 4) is 0 Å². The number of carboxylic acid groups (broad SMARTS) is 1. The van der Waals surface area contributed by atoms with Crippen LogP contribution < -0.4 is 10.6 Å². The molecule has 6 heteroatoms. The number of benzene rings is 2. The fourth-order valence-electron chi connectivity index (χ4n) is 2.83. The molecule has 0 radical (unpaired) electrons. The van der Waals surface area contributed by atoms with E-state index in [4.69, 9.17) is 22.4 Å². The van der Waals surface area contributed by atoms with E-state index in [1.165, 1.54) is 12.0 Å². The number of nitrogens with one attached hydrogen (secondary N) is 2. The molecule has 1 saturated heterocycles. The molecule has 0 amide bonds. The summed E-state index contributed by atoms with van der Waals surface area (Å²) in [4.78, 5) is 11.2. The van der Waals surface area contributed by atoms with Crippen molar-refractivity contribution in [2.45, 2.75) is 38.0 Å². The lowest BCUT2D eigenvalue weighted by atomic mass is 10.1. The van der Waals surface area contributed by atoms with Gasteiger partial charge in [0.2, 0.25) is 0 Å². The van der Waals surface area contributed by atoms with Gasteiger partial charge >= 0.3 is 5.97 Å². The molecule has 1 aliphatic heterocycles. The third-order valence-electron chi connectivity index (χ3n) is 4.38. The van der Waals surface area contributed by atoms with Gasteiger partial charge in [0.1, 0.15) is 0 Å². The van der Waals surface area contributed by atoms with Crippen molar-refractivity contribution in [3.05, 3.63) is 71.8 Å². The molecule has 4 N–H and O–H groups in total. The molecule has 0 unspecified atom stereocenters. The van der Waals surface area contributed by atoms with E-state index in [0.29, 0.717) is 11.6 Å². The molecule has 1 heterocycles. The van der Waals surface area contributed by atoms with Gasteiger partial charge in [-0.3, -0.25) is 0 Å². The van der Waals surface area contributed by atoms with Crippen molar-refractivity contribution in [1.82, 2.24) is 10.6 Å². The summed E-state index contributed by atoms with van der Waals surface area (Å²) in [6, 6.07) is 19.3. The van der Waals surface area contributed by atoms with E-state index >= 15 is 0 Å². The van der Waals surface area contributed by atoms with Gasteiger partial charge in [-0.25, -0.2) is 4.79 Å². The lowest BCUT2D eigenvalue weighted by molar-refractivity contribution is -0.146. The predicted octanol–water partition coefficient (Wildman–Crippen LogP) is 3.22. The van der Waals surface area contributed by atoms with Crippen LogP contribution >= 0.6 is 12.2 Å². The first kappa shape index (κ1) is 21.0. The van der Waals surface area contributed by atoms with Crippen LogP contribution in [-0.4, -0.2) is 33.8 Å². The minimum atomic E-state index is -1.41. The molecule has 0 spiro atoms. The van der Waals surface area contributed by atoms with E-state index in [-0.39, 0.29) is 6.04 Å². The molecule has 5 nitrogen and oxygen atoms in total. The lowest BCUT2D eigenvalue weighted by Crippen LogP contribution is -2.40. The molecule has 2 aromatic rings. The van der Waals surface area contributed by atoms with E-state index in [1.807, 2.05) is 6.07 Å². The van der Waals surface area contributed by atoms with Crippen molar-refractivity contribution in [2.75, 3.05) is 6.54 Å². The number of rotatable bonds is 5. The van der Waals surface area contributed by atoms with Gasteiger partial charge in [-0.05, 0) is 37.4 Å². The van der Waals surface area contributed by atoms with Crippen LogP contribution in [0.2, 0.25) is 0 Å². The van der Waals surface area contributed by atoms with Crippen LogP contribution in [0, 0.1) is 0 Å². The zero-order chi connectivity index (χ0) is 19.6. The van der Waals surface area contributed by atoms with Gasteiger partial charge in [0, 0.05) is 6.04 Å². The molecule has 0 aromatic heterocycles. The monoisotopic (exact) mass is 386 g/mol. The van der Waals surface area contributed by atoms with E-state index in [1.54, 1.807) is 30.3 Å². The van der Waals surface area contributed by atoms with Crippen LogP contribution in [0.4, 0.5) is 0 Å². The topological polar surface area (TPSA) is 81.6 Å². The molecule has 2 aromatic carbocycles. The zero-order valence-electron chi connectivity index (χ0n) is 15.3. The summed E-state index contributed by atoms with van der Waals surface area (Å²) in [6.07, 6.45) is 0.982. The third kappa shape index (κ3) is 6.75. The van der Waals surface area contributed by atoms with Gasteiger partial charge in [0.15, 0.2) is 6.10 Å². The summed E-state index contributed by atoms with van der Waals surface area (Å²) in [5, 5.41) is 24.2. The van der Waals surface area contributed by atoms with Gasteiger partial charge < -0.3 is 20.8 Å². The Bertz CT molecular complexity index is 719. The number of hydrogen-bond donors (Lipinski definition) is 4. The summed E-state index contributed by atoms with van der Waals surface area (Å²) < 4.78 is 0. The Labute approximate surface area is 165 Å². The van der Waals surface area contributed by atoms with E-state index in [2.05, 4.69) is 41.8 Å². The summed E-state index contributed by atoms with van der Waals surface area (Å²) in [5.74, 6) is -1.23. The highest BCUT2D eigenvalue weighted by molar-refractivity contribution is 7.80. The quantitative estimate of drug-likeness (QED) is 0.591. The fraction of sp³-hybridized carbons (Fsp3) is 0.333. The van der Waals surface area contributed by atoms with Gasteiger partial charge in [0.25, 0.3) is 0 Å². The highest BCUT2D eigenvalue weighted by Gasteiger charge is 2.20. The smallest absolute Gasteiger partial charge is 0.337 e. The molecule has 0 saturated carbocycles. The Hall–Kier alpha value is -2.28. The number of aliphatic carboxylic acids is 1. The number of aliphatic hydroxyl groups excluding tert-OH is 1. The van der Waals surface area contributed by atoms with Crippen molar-refractivity contribution in [3.63, 3.8) is 0 Å². The first-order valence-electron chi connectivity index (χ1n) is 9.03. The zero-order valence-corrected chi connectivity index (χ0v) is 16.2. The second-order valence-electron chi connectivity index (χ2n) is 6.44. The number of carbonyl (C=O) groups is 1. The Kier molecular flexibility index (Phi) is 8.39. The summed E-state index contributed by atoms with van der Waals surface area (Å²) in [7, 11) is 0. The van der Waals surface area contributed by atoms with Crippen molar-refractivity contribution in [1.29, 1.82) is 0 Å².